The number of hydrogen-bond donors (Lipinski definition) is 1. The number of carbonyl (C=O) groups excluding carboxylic acids is 1. The summed E-state index contributed by atoms with van der Waals surface area (Å²) in [6.07, 6.45) is 2.54. The van der Waals surface area contributed by atoms with Gasteiger partial charge in [0.1, 0.15) is 17.7 Å². The second-order valence-corrected chi connectivity index (χ2v) is 4.98. The molecule has 0 spiro atoms. The van der Waals surface area contributed by atoms with Crippen molar-refractivity contribution in [3.63, 3.8) is 0 Å². The smallest absolute Gasteiger partial charge is 0.373 e. The monoisotopic (exact) mass is 312 g/mol. The Hall–Kier alpha value is -2.86. The summed E-state index contributed by atoms with van der Waals surface area (Å²) < 4.78 is 11.8. The first-order valence-corrected chi connectivity index (χ1v) is 7.10. The molecule has 6 nitrogen and oxygen atoms in total. The van der Waals surface area contributed by atoms with E-state index in [0.29, 0.717) is 18.1 Å². The Kier molecular flexibility index (Phi) is 4.25. The van der Waals surface area contributed by atoms with Crippen LogP contribution in [0.4, 0.5) is 0 Å². The number of methoxy groups -OCH3 is 1. The maximum atomic E-state index is 11.4. The Balaban J connectivity index is 1.81. The van der Waals surface area contributed by atoms with Gasteiger partial charge in [0.25, 0.3) is 0 Å². The van der Waals surface area contributed by atoms with E-state index >= 15 is 0 Å². The van der Waals surface area contributed by atoms with Crippen molar-refractivity contribution >= 4 is 5.97 Å². The summed E-state index contributed by atoms with van der Waals surface area (Å²) in [7, 11) is 1.30. The number of aliphatic hydroxyl groups excluding tert-OH is 1. The van der Waals surface area contributed by atoms with Gasteiger partial charge in [0.15, 0.2) is 0 Å². The molecular weight excluding hydrogens is 296 g/mol. The number of nitrogens with zero attached hydrogens (tertiary/aromatic N) is 2. The normalized spacial score (nSPS) is 12.1. The summed E-state index contributed by atoms with van der Waals surface area (Å²) in [6.45, 7) is 0.357. The lowest BCUT2D eigenvalue weighted by Crippen LogP contribution is -2.10. The van der Waals surface area contributed by atoms with Crippen molar-refractivity contribution in [1.29, 1.82) is 0 Å². The summed E-state index contributed by atoms with van der Waals surface area (Å²) >= 11 is 0. The van der Waals surface area contributed by atoms with Crippen LogP contribution < -0.4 is 0 Å². The standard InChI is InChI=1S/C17H16N2O4/c1-22-17(21)14-8-7-13(23-14)11-19-10-9-18-16(19)15(20)12-5-3-2-4-6-12/h2-10,15,20H,11H2,1H3. The minimum absolute atomic E-state index is 0.146. The molecule has 1 aromatic carbocycles. The fraction of sp³-hybridized carbons (Fsp3) is 0.176. The fourth-order valence-electron chi connectivity index (χ4n) is 2.33. The van der Waals surface area contributed by atoms with Crippen LogP contribution in [0, 0.1) is 0 Å². The van der Waals surface area contributed by atoms with Crippen LogP contribution >= 0.6 is 0 Å². The average molecular weight is 312 g/mol. The Morgan fingerprint density at radius 2 is 2.09 bits per heavy atom. The zero-order valence-electron chi connectivity index (χ0n) is 12.5. The number of benzene rings is 1. The van der Waals surface area contributed by atoms with Crippen molar-refractivity contribution in [2.75, 3.05) is 7.11 Å². The topological polar surface area (TPSA) is 77.5 Å². The lowest BCUT2D eigenvalue weighted by atomic mass is 10.1. The van der Waals surface area contributed by atoms with E-state index in [9.17, 15) is 9.90 Å². The average Bonchev–Trinajstić information content (AvgIpc) is 3.24. The number of rotatable bonds is 5. The largest absolute Gasteiger partial charge is 0.463 e. The molecule has 1 atom stereocenters. The highest BCUT2D eigenvalue weighted by Gasteiger charge is 2.17. The minimum Gasteiger partial charge on any atom is -0.463 e. The van der Waals surface area contributed by atoms with Crippen LogP contribution in [-0.4, -0.2) is 27.7 Å². The number of imidazole rings is 1. The number of aliphatic hydroxyl groups is 1. The van der Waals surface area contributed by atoms with Gasteiger partial charge in [0.2, 0.25) is 5.76 Å². The molecule has 0 bridgehead atoms. The van der Waals surface area contributed by atoms with E-state index in [1.165, 1.54) is 7.11 Å². The first kappa shape index (κ1) is 15.1. The quantitative estimate of drug-likeness (QED) is 0.732. The van der Waals surface area contributed by atoms with E-state index in [4.69, 9.17) is 4.42 Å². The molecule has 3 rings (SSSR count). The molecule has 1 N–H and O–H groups in total. The highest BCUT2D eigenvalue weighted by Crippen LogP contribution is 2.21. The lowest BCUT2D eigenvalue weighted by molar-refractivity contribution is 0.0562. The van der Waals surface area contributed by atoms with Crippen LogP contribution in [0.1, 0.15) is 33.8 Å². The van der Waals surface area contributed by atoms with Crippen LogP contribution in [-0.2, 0) is 11.3 Å². The highest BCUT2D eigenvalue weighted by molar-refractivity contribution is 5.86. The van der Waals surface area contributed by atoms with Crippen molar-refractivity contribution < 1.29 is 19.1 Å². The molecule has 0 radical (unpaired) electrons. The van der Waals surface area contributed by atoms with Crippen LogP contribution in [0.15, 0.2) is 59.3 Å². The first-order valence-electron chi connectivity index (χ1n) is 7.10. The minimum atomic E-state index is -0.832. The second kappa shape index (κ2) is 6.50. The zero-order valence-corrected chi connectivity index (χ0v) is 12.5. The van der Waals surface area contributed by atoms with Crippen LogP contribution in [0.3, 0.4) is 0 Å². The van der Waals surface area contributed by atoms with Crippen molar-refractivity contribution in [3.8, 4) is 0 Å². The third-order valence-corrected chi connectivity index (χ3v) is 3.48. The van der Waals surface area contributed by atoms with Gasteiger partial charge in [0.05, 0.1) is 13.7 Å². The first-order chi connectivity index (χ1) is 11.2. The molecule has 23 heavy (non-hydrogen) atoms. The van der Waals surface area contributed by atoms with Gasteiger partial charge in [-0.15, -0.1) is 0 Å². The molecule has 0 aliphatic heterocycles. The predicted molar refractivity (Wildman–Crippen MR) is 81.9 cm³/mol. The number of esters is 1. The third kappa shape index (κ3) is 3.17. The number of carbonyl (C=O) groups is 1. The maximum Gasteiger partial charge on any atom is 0.373 e. The van der Waals surface area contributed by atoms with Crippen molar-refractivity contribution in [3.05, 3.63) is 77.8 Å². The third-order valence-electron chi connectivity index (χ3n) is 3.48. The number of ether oxygens (including phenoxy) is 1. The van der Waals surface area contributed by atoms with Crippen LogP contribution in [0.2, 0.25) is 0 Å². The molecular formula is C17H16N2O4. The van der Waals surface area contributed by atoms with Crippen LogP contribution in [0.25, 0.3) is 0 Å². The van der Waals surface area contributed by atoms with Gasteiger partial charge < -0.3 is 18.8 Å². The second-order valence-electron chi connectivity index (χ2n) is 4.98. The van der Waals surface area contributed by atoms with E-state index in [2.05, 4.69) is 9.72 Å². The SMILES string of the molecule is COC(=O)c1ccc(Cn2ccnc2C(O)c2ccccc2)o1. The van der Waals surface area contributed by atoms with Crippen LogP contribution in [0.5, 0.6) is 0 Å². The maximum absolute atomic E-state index is 11.4. The van der Waals surface area contributed by atoms with Gasteiger partial charge in [-0.25, -0.2) is 9.78 Å². The molecule has 0 amide bonds. The molecule has 0 saturated carbocycles. The van der Waals surface area contributed by atoms with E-state index in [-0.39, 0.29) is 5.76 Å². The van der Waals surface area contributed by atoms with Gasteiger partial charge in [-0.3, -0.25) is 0 Å². The Morgan fingerprint density at radius 3 is 2.83 bits per heavy atom. The Labute approximate surface area is 133 Å². The summed E-state index contributed by atoms with van der Waals surface area (Å²) in [4.78, 5) is 15.6. The molecule has 6 heteroatoms. The van der Waals surface area contributed by atoms with Crippen molar-refractivity contribution in [2.45, 2.75) is 12.6 Å². The summed E-state index contributed by atoms with van der Waals surface area (Å²) in [6, 6.07) is 12.6. The van der Waals surface area contributed by atoms with E-state index in [0.717, 1.165) is 5.56 Å². The Morgan fingerprint density at radius 1 is 1.30 bits per heavy atom. The van der Waals surface area contributed by atoms with Gasteiger partial charge in [0, 0.05) is 12.4 Å². The molecule has 3 aromatic rings. The number of furan rings is 1. The summed E-state index contributed by atoms with van der Waals surface area (Å²) in [5, 5.41) is 10.5. The number of hydrogen-bond acceptors (Lipinski definition) is 5. The lowest BCUT2D eigenvalue weighted by Gasteiger charge is -2.12. The van der Waals surface area contributed by atoms with E-state index in [1.807, 2.05) is 30.3 Å². The predicted octanol–water partition coefficient (Wildman–Crippen LogP) is 2.39. The highest BCUT2D eigenvalue weighted by atomic mass is 16.5. The molecule has 118 valence electrons. The van der Waals surface area contributed by atoms with Crippen molar-refractivity contribution in [2.24, 2.45) is 0 Å². The van der Waals surface area contributed by atoms with Gasteiger partial charge in [-0.05, 0) is 17.7 Å². The molecule has 0 fully saturated rings. The van der Waals surface area contributed by atoms with Crippen molar-refractivity contribution in [1.82, 2.24) is 9.55 Å². The van der Waals surface area contributed by atoms with Gasteiger partial charge >= 0.3 is 5.97 Å². The molecule has 2 aromatic heterocycles. The Bertz CT molecular complexity index is 792. The molecule has 2 heterocycles. The number of aromatic nitrogens is 2. The molecule has 0 saturated heterocycles. The zero-order chi connectivity index (χ0) is 16.2. The molecule has 0 aliphatic rings. The fourth-order valence-corrected chi connectivity index (χ4v) is 2.33. The van der Waals surface area contributed by atoms with Gasteiger partial charge in [-0.2, -0.15) is 0 Å². The van der Waals surface area contributed by atoms with E-state index < -0.39 is 12.1 Å². The molecule has 1 unspecified atom stereocenters. The summed E-state index contributed by atoms with van der Waals surface area (Å²) in [5.74, 6) is 0.705. The van der Waals surface area contributed by atoms with E-state index in [1.54, 1.807) is 29.1 Å². The van der Waals surface area contributed by atoms with Gasteiger partial charge in [-0.1, -0.05) is 30.3 Å². The molecule has 0 aliphatic carbocycles. The summed E-state index contributed by atoms with van der Waals surface area (Å²) in [5.41, 5.74) is 0.759.